The number of nitro groups is 1. The van der Waals surface area contributed by atoms with Gasteiger partial charge in [0, 0.05) is 0 Å². The fourth-order valence-corrected chi connectivity index (χ4v) is 2.63. The number of fused-ring (bicyclic) bond motifs is 1. The Bertz CT molecular complexity index is 796. The Hall–Kier alpha value is -2.61. The van der Waals surface area contributed by atoms with Gasteiger partial charge in [0.25, 0.3) is 0 Å². The maximum atomic E-state index is 10.6. The number of thiazole rings is 1. The molecule has 1 N–H and O–H groups in total. The number of hydrogen-bond donors (Lipinski definition) is 1. The highest BCUT2D eigenvalue weighted by molar-refractivity contribution is 7.18. The quantitative estimate of drug-likeness (QED) is 0.573. The van der Waals surface area contributed by atoms with Crippen molar-refractivity contribution in [2.24, 2.45) is 0 Å². The zero-order valence-electron chi connectivity index (χ0n) is 11.0. The average Bonchev–Trinajstić information content (AvgIpc) is 3.09. The van der Waals surface area contributed by atoms with E-state index in [9.17, 15) is 10.1 Å². The molecule has 0 bridgehead atoms. The van der Waals surface area contributed by atoms with Crippen molar-refractivity contribution in [2.75, 3.05) is 12.4 Å². The molecular weight excluding hydrogens is 294 g/mol. The fourth-order valence-electron chi connectivity index (χ4n) is 2.00. The van der Waals surface area contributed by atoms with Gasteiger partial charge in [-0.3, -0.25) is 10.1 Å². The van der Waals surface area contributed by atoms with Crippen LogP contribution in [-0.4, -0.2) is 17.0 Å². The number of anilines is 1. The minimum absolute atomic E-state index is 0.00549. The zero-order valence-corrected chi connectivity index (χ0v) is 11.8. The maximum absolute atomic E-state index is 10.6. The predicted molar refractivity (Wildman–Crippen MR) is 78.9 cm³/mol. The summed E-state index contributed by atoms with van der Waals surface area (Å²) >= 11 is 0.977. The van der Waals surface area contributed by atoms with Crippen LogP contribution in [0.25, 0.3) is 11.0 Å². The van der Waals surface area contributed by atoms with Crippen molar-refractivity contribution >= 4 is 32.4 Å². The van der Waals surface area contributed by atoms with Crippen LogP contribution in [0, 0.1) is 10.1 Å². The van der Waals surface area contributed by atoms with E-state index in [1.165, 1.54) is 6.20 Å². The highest BCUT2D eigenvalue weighted by Crippen LogP contribution is 2.33. The van der Waals surface area contributed by atoms with Crippen LogP contribution in [-0.2, 0) is 6.54 Å². The first-order valence-electron chi connectivity index (χ1n) is 6.07. The Morgan fingerprint density at radius 2 is 2.29 bits per heavy atom. The number of aromatic nitrogens is 1. The average molecular weight is 305 g/mol. The number of methoxy groups -OCH3 is 1. The van der Waals surface area contributed by atoms with E-state index in [2.05, 4.69) is 10.3 Å². The molecule has 0 atom stereocenters. The van der Waals surface area contributed by atoms with Crippen LogP contribution < -0.4 is 10.1 Å². The van der Waals surface area contributed by atoms with Gasteiger partial charge in [-0.25, -0.2) is 4.98 Å². The van der Waals surface area contributed by atoms with E-state index in [0.717, 1.165) is 22.3 Å². The molecule has 0 radical (unpaired) electrons. The molecule has 2 aromatic heterocycles. The van der Waals surface area contributed by atoms with Crippen LogP contribution in [0.3, 0.4) is 0 Å². The summed E-state index contributed by atoms with van der Waals surface area (Å²) in [5, 5.41) is 15.0. The second kappa shape index (κ2) is 5.41. The maximum Gasteiger partial charge on any atom is 0.345 e. The van der Waals surface area contributed by atoms with Gasteiger partial charge in [-0.15, -0.1) is 0 Å². The number of nitrogens with zero attached hydrogens (tertiary/aromatic N) is 2. The van der Waals surface area contributed by atoms with Crippen LogP contribution in [0.4, 0.5) is 10.1 Å². The molecule has 0 saturated carbocycles. The van der Waals surface area contributed by atoms with Gasteiger partial charge in [-0.1, -0.05) is 12.1 Å². The van der Waals surface area contributed by atoms with E-state index in [1.54, 1.807) is 7.11 Å². The van der Waals surface area contributed by atoms with Crippen molar-refractivity contribution in [2.45, 2.75) is 6.54 Å². The lowest BCUT2D eigenvalue weighted by Gasteiger charge is -2.02. The summed E-state index contributed by atoms with van der Waals surface area (Å²) in [5.74, 6) is 1.28. The molecule has 1 aromatic carbocycles. The summed E-state index contributed by atoms with van der Waals surface area (Å²) in [6.45, 7) is 0.336. The first-order chi connectivity index (χ1) is 10.2. The van der Waals surface area contributed by atoms with Gasteiger partial charge < -0.3 is 14.5 Å². The molecule has 21 heavy (non-hydrogen) atoms. The van der Waals surface area contributed by atoms with E-state index < -0.39 is 4.92 Å². The van der Waals surface area contributed by atoms with Crippen molar-refractivity contribution in [1.29, 1.82) is 0 Å². The van der Waals surface area contributed by atoms with Gasteiger partial charge in [0.2, 0.25) is 0 Å². The molecule has 0 fully saturated rings. The fraction of sp³-hybridized carbons (Fsp3) is 0.154. The van der Waals surface area contributed by atoms with Gasteiger partial charge >= 0.3 is 5.00 Å². The van der Waals surface area contributed by atoms with Crippen molar-refractivity contribution < 1.29 is 14.1 Å². The van der Waals surface area contributed by atoms with Gasteiger partial charge in [0.1, 0.15) is 11.8 Å². The molecular formula is C13H11N3O4S. The molecule has 0 aliphatic heterocycles. The number of furan rings is 1. The Labute approximate surface area is 123 Å². The Balaban J connectivity index is 1.82. The number of rotatable bonds is 5. The Morgan fingerprint density at radius 1 is 1.48 bits per heavy atom. The molecule has 0 aliphatic carbocycles. The molecule has 8 heteroatoms. The summed E-state index contributed by atoms with van der Waals surface area (Å²) in [6.07, 6.45) is 1.23. The summed E-state index contributed by atoms with van der Waals surface area (Å²) in [5.41, 5.74) is 0.733. The van der Waals surface area contributed by atoms with Gasteiger partial charge in [0.05, 0.1) is 24.0 Å². The molecule has 2 heterocycles. The molecule has 3 rings (SSSR count). The molecule has 0 unspecified atom stereocenters. The number of benzene rings is 1. The van der Waals surface area contributed by atoms with E-state index in [4.69, 9.17) is 9.15 Å². The molecule has 0 amide bonds. The molecule has 0 saturated heterocycles. The lowest BCUT2D eigenvalue weighted by atomic mass is 10.2. The van der Waals surface area contributed by atoms with Crippen molar-refractivity contribution in [1.82, 2.24) is 4.98 Å². The van der Waals surface area contributed by atoms with Gasteiger partial charge in [-0.05, 0) is 23.5 Å². The highest BCUT2D eigenvalue weighted by Gasteiger charge is 2.16. The van der Waals surface area contributed by atoms with Crippen LogP contribution in [0.1, 0.15) is 5.76 Å². The lowest BCUT2D eigenvalue weighted by molar-refractivity contribution is -0.380. The summed E-state index contributed by atoms with van der Waals surface area (Å²) in [4.78, 5) is 14.1. The van der Waals surface area contributed by atoms with E-state index in [0.29, 0.717) is 23.2 Å². The highest BCUT2D eigenvalue weighted by atomic mass is 32.1. The van der Waals surface area contributed by atoms with Crippen molar-refractivity contribution in [3.63, 3.8) is 0 Å². The normalized spacial score (nSPS) is 10.7. The lowest BCUT2D eigenvalue weighted by Crippen LogP contribution is -1.99. The minimum atomic E-state index is -0.468. The first-order valence-corrected chi connectivity index (χ1v) is 6.89. The smallest absolute Gasteiger partial charge is 0.345 e. The second-order valence-corrected chi connectivity index (χ2v) is 5.18. The number of nitrogens with one attached hydrogen (secondary N) is 1. The summed E-state index contributed by atoms with van der Waals surface area (Å²) < 4.78 is 11.1. The third-order valence-electron chi connectivity index (χ3n) is 2.90. The third-order valence-corrected chi connectivity index (χ3v) is 3.80. The van der Waals surface area contributed by atoms with Gasteiger partial charge in [0.15, 0.2) is 16.6 Å². The molecule has 108 valence electrons. The zero-order chi connectivity index (χ0) is 14.8. The molecule has 3 aromatic rings. The van der Waals surface area contributed by atoms with Crippen molar-refractivity contribution in [3.05, 3.63) is 46.3 Å². The van der Waals surface area contributed by atoms with E-state index in [1.807, 2.05) is 24.3 Å². The van der Waals surface area contributed by atoms with E-state index >= 15 is 0 Å². The molecule has 7 nitrogen and oxygen atoms in total. The van der Waals surface area contributed by atoms with Crippen LogP contribution in [0.5, 0.6) is 5.75 Å². The van der Waals surface area contributed by atoms with Crippen molar-refractivity contribution in [3.8, 4) is 5.75 Å². The Morgan fingerprint density at radius 3 is 3.00 bits per heavy atom. The van der Waals surface area contributed by atoms with Crippen LogP contribution in [0.15, 0.2) is 34.9 Å². The van der Waals surface area contributed by atoms with Crippen LogP contribution in [0.2, 0.25) is 0 Å². The minimum Gasteiger partial charge on any atom is -0.492 e. The predicted octanol–water partition coefficient (Wildman–Crippen LogP) is 3.42. The SMILES string of the molecule is COc1c(CNc2ncc([N+](=O)[O-])s2)oc2ccccc12. The standard InChI is InChI=1S/C13H11N3O4S/c1-19-12-8-4-2-3-5-9(8)20-10(12)6-14-13-15-7-11(21-13)16(17)18/h2-5,7H,6H2,1H3,(H,14,15). The Kier molecular flexibility index (Phi) is 3.44. The van der Waals surface area contributed by atoms with Crippen LogP contribution >= 0.6 is 11.3 Å². The molecule has 0 aliphatic rings. The van der Waals surface area contributed by atoms with E-state index in [-0.39, 0.29) is 5.00 Å². The summed E-state index contributed by atoms with van der Waals surface area (Å²) in [6, 6.07) is 7.55. The number of hydrogen-bond acceptors (Lipinski definition) is 7. The topological polar surface area (TPSA) is 90.4 Å². The number of ether oxygens (including phenoxy) is 1. The second-order valence-electron chi connectivity index (χ2n) is 4.17. The third kappa shape index (κ3) is 2.52. The largest absolute Gasteiger partial charge is 0.492 e. The first kappa shape index (κ1) is 13.4. The monoisotopic (exact) mass is 305 g/mol. The number of para-hydroxylation sites is 1. The molecule has 0 spiro atoms. The van der Waals surface area contributed by atoms with Gasteiger partial charge in [-0.2, -0.15) is 0 Å². The summed E-state index contributed by atoms with van der Waals surface area (Å²) in [7, 11) is 1.58.